The maximum Gasteiger partial charge on any atom is 0.270 e. The Hall–Kier alpha value is -2.36. The molecule has 0 radical (unpaired) electrons. The smallest absolute Gasteiger partial charge is 0.270 e. The number of nitro benzene ring substituents is 1. The fourth-order valence-electron chi connectivity index (χ4n) is 1.48. The van der Waals surface area contributed by atoms with Gasteiger partial charge in [0, 0.05) is 12.1 Å². The molecule has 0 atom stereocenters. The van der Waals surface area contributed by atoms with Gasteiger partial charge < -0.3 is 5.11 Å². The molecule has 0 aliphatic heterocycles. The molecular formula is C12H9NO3. The molecule has 0 saturated heterocycles. The van der Waals surface area contributed by atoms with Gasteiger partial charge in [0.15, 0.2) is 0 Å². The van der Waals surface area contributed by atoms with E-state index in [1.165, 1.54) is 12.1 Å². The maximum absolute atomic E-state index is 10.6. The van der Waals surface area contributed by atoms with E-state index in [1.54, 1.807) is 36.4 Å². The predicted octanol–water partition coefficient (Wildman–Crippen LogP) is 2.97. The van der Waals surface area contributed by atoms with Gasteiger partial charge in [-0.05, 0) is 23.3 Å². The monoisotopic (exact) mass is 215 g/mol. The van der Waals surface area contributed by atoms with E-state index in [0.29, 0.717) is 5.56 Å². The minimum atomic E-state index is -0.438. The molecule has 2 aromatic carbocycles. The summed E-state index contributed by atoms with van der Waals surface area (Å²) < 4.78 is 0. The lowest BCUT2D eigenvalue weighted by molar-refractivity contribution is -0.384. The van der Waals surface area contributed by atoms with E-state index in [0.717, 1.165) is 5.56 Å². The van der Waals surface area contributed by atoms with E-state index in [4.69, 9.17) is 0 Å². The highest BCUT2D eigenvalue weighted by atomic mass is 16.6. The highest BCUT2D eigenvalue weighted by Gasteiger charge is 2.06. The summed E-state index contributed by atoms with van der Waals surface area (Å²) in [6.45, 7) is 0. The molecule has 16 heavy (non-hydrogen) atoms. The van der Waals surface area contributed by atoms with E-state index >= 15 is 0 Å². The van der Waals surface area contributed by atoms with Gasteiger partial charge in [0.1, 0.15) is 5.75 Å². The van der Waals surface area contributed by atoms with Crippen molar-refractivity contribution in [3.63, 3.8) is 0 Å². The molecule has 0 bridgehead atoms. The van der Waals surface area contributed by atoms with Crippen LogP contribution in [0.4, 0.5) is 5.69 Å². The summed E-state index contributed by atoms with van der Waals surface area (Å²) in [4.78, 5) is 10.2. The van der Waals surface area contributed by atoms with Gasteiger partial charge in [-0.2, -0.15) is 0 Å². The first kappa shape index (κ1) is 10.2. The molecule has 2 aromatic rings. The topological polar surface area (TPSA) is 63.4 Å². The average Bonchev–Trinajstić information content (AvgIpc) is 2.29. The summed E-state index contributed by atoms with van der Waals surface area (Å²) in [6.07, 6.45) is 0. The van der Waals surface area contributed by atoms with Crippen LogP contribution in [0.1, 0.15) is 0 Å². The van der Waals surface area contributed by atoms with Crippen LogP contribution in [0, 0.1) is 10.1 Å². The van der Waals surface area contributed by atoms with Crippen LogP contribution in [0.5, 0.6) is 5.75 Å². The van der Waals surface area contributed by atoms with Crippen molar-refractivity contribution in [1.29, 1.82) is 0 Å². The summed E-state index contributed by atoms with van der Waals surface area (Å²) in [5.74, 6) is 0.143. The van der Waals surface area contributed by atoms with Crippen molar-refractivity contribution in [3.05, 3.63) is 58.6 Å². The number of nitro groups is 1. The molecule has 0 fully saturated rings. The molecule has 0 unspecified atom stereocenters. The Morgan fingerprint density at radius 1 is 1.00 bits per heavy atom. The summed E-state index contributed by atoms with van der Waals surface area (Å²) in [5.41, 5.74) is 1.51. The van der Waals surface area contributed by atoms with E-state index in [-0.39, 0.29) is 11.4 Å². The minimum Gasteiger partial charge on any atom is -0.508 e. The molecular weight excluding hydrogens is 206 g/mol. The number of rotatable bonds is 2. The number of benzene rings is 2. The fraction of sp³-hybridized carbons (Fsp3) is 0. The van der Waals surface area contributed by atoms with Gasteiger partial charge in [0.2, 0.25) is 0 Å². The number of nitrogens with zero attached hydrogens (tertiary/aromatic N) is 1. The molecule has 1 N–H and O–H groups in total. The van der Waals surface area contributed by atoms with Crippen molar-refractivity contribution in [3.8, 4) is 16.9 Å². The lowest BCUT2D eigenvalue weighted by Gasteiger charge is -2.01. The van der Waals surface area contributed by atoms with E-state index in [9.17, 15) is 15.2 Å². The minimum absolute atomic E-state index is 0.0424. The number of hydrogen-bond donors (Lipinski definition) is 1. The predicted molar refractivity (Wildman–Crippen MR) is 60.2 cm³/mol. The van der Waals surface area contributed by atoms with Gasteiger partial charge >= 0.3 is 0 Å². The largest absolute Gasteiger partial charge is 0.508 e. The third-order valence-corrected chi connectivity index (χ3v) is 2.24. The molecule has 0 aliphatic carbocycles. The number of hydrogen-bond acceptors (Lipinski definition) is 3. The molecule has 0 saturated carbocycles. The van der Waals surface area contributed by atoms with Gasteiger partial charge in [0.05, 0.1) is 4.92 Å². The Balaban J connectivity index is 2.48. The van der Waals surface area contributed by atoms with Crippen LogP contribution in [0.15, 0.2) is 48.5 Å². The molecule has 0 spiro atoms. The number of phenolic OH excluding ortho intramolecular Hbond substituents is 1. The van der Waals surface area contributed by atoms with Crippen LogP contribution in [0.3, 0.4) is 0 Å². The zero-order valence-corrected chi connectivity index (χ0v) is 8.33. The van der Waals surface area contributed by atoms with Crippen molar-refractivity contribution in [2.24, 2.45) is 0 Å². The van der Waals surface area contributed by atoms with Crippen molar-refractivity contribution in [2.75, 3.05) is 0 Å². The Bertz CT molecular complexity index is 537. The first-order valence-corrected chi connectivity index (χ1v) is 4.71. The Kier molecular flexibility index (Phi) is 2.55. The third-order valence-electron chi connectivity index (χ3n) is 2.24. The van der Waals surface area contributed by atoms with Gasteiger partial charge in [-0.3, -0.25) is 10.1 Å². The van der Waals surface area contributed by atoms with Crippen molar-refractivity contribution in [1.82, 2.24) is 0 Å². The van der Waals surface area contributed by atoms with Gasteiger partial charge in [0.25, 0.3) is 5.69 Å². The van der Waals surface area contributed by atoms with Crippen LogP contribution in [-0.4, -0.2) is 10.0 Å². The molecule has 0 heterocycles. The standard InChI is InChI=1S/C12H9NO3/c14-12-6-2-4-10(8-12)9-3-1-5-11(7-9)13(15)16/h1-8,14H. The zero-order valence-electron chi connectivity index (χ0n) is 8.33. The fourth-order valence-corrected chi connectivity index (χ4v) is 1.48. The lowest BCUT2D eigenvalue weighted by Crippen LogP contribution is -1.87. The summed E-state index contributed by atoms with van der Waals surface area (Å²) in [6, 6.07) is 12.9. The molecule has 4 heteroatoms. The molecule has 2 rings (SSSR count). The highest BCUT2D eigenvalue weighted by molar-refractivity contribution is 5.67. The van der Waals surface area contributed by atoms with Crippen LogP contribution >= 0.6 is 0 Å². The molecule has 0 amide bonds. The lowest BCUT2D eigenvalue weighted by atomic mass is 10.1. The molecule has 80 valence electrons. The van der Waals surface area contributed by atoms with E-state index in [1.807, 2.05) is 0 Å². The molecule has 0 aromatic heterocycles. The summed E-state index contributed by atoms with van der Waals surface area (Å²) in [5, 5.41) is 19.9. The molecule has 4 nitrogen and oxygen atoms in total. The number of non-ortho nitro benzene ring substituents is 1. The van der Waals surface area contributed by atoms with Crippen LogP contribution in [0.25, 0.3) is 11.1 Å². The number of aromatic hydroxyl groups is 1. The normalized spacial score (nSPS) is 10.0. The van der Waals surface area contributed by atoms with Crippen LogP contribution in [-0.2, 0) is 0 Å². The second-order valence-electron chi connectivity index (χ2n) is 3.36. The Morgan fingerprint density at radius 3 is 2.25 bits per heavy atom. The van der Waals surface area contributed by atoms with Gasteiger partial charge in [-0.25, -0.2) is 0 Å². The summed E-state index contributed by atoms with van der Waals surface area (Å²) in [7, 11) is 0. The Labute approximate surface area is 91.9 Å². The maximum atomic E-state index is 10.6. The van der Waals surface area contributed by atoms with Crippen molar-refractivity contribution in [2.45, 2.75) is 0 Å². The number of phenols is 1. The van der Waals surface area contributed by atoms with Crippen LogP contribution < -0.4 is 0 Å². The molecule has 0 aliphatic rings. The summed E-state index contributed by atoms with van der Waals surface area (Å²) >= 11 is 0. The van der Waals surface area contributed by atoms with Gasteiger partial charge in [-0.1, -0.05) is 24.3 Å². The van der Waals surface area contributed by atoms with Gasteiger partial charge in [-0.15, -0.1) is 0 Å². The van der Waals surface area contributed by atoms with Crippen LogP contribution in [0.2, 0.25) is 0 Å². The third kappa shape index (κ3) is 2.00. The second kappa shape index (κ2) is 4.02. The highest BCUT2D eigenvalue weighted by Crippen LogP contribution is 2.26. The van der Waals surface area contributed by atoms with E-state index in [2.05, 4.69) is 0 Å². The first-order chi connectivity index (χ1) is 7.66. The Morgan fingerprint density at radius 2 is 1.62 bits per heavy atom. The second-order valence-corrected chi connectivity index (χ2v) is 3.36. The van der Waals surface area contributed by atoms with E-state index < -0.39 is 4.92 Å². The average molecular weight is 215 g/mol. The van der Waals surface area contributed by atoms with Crippen molar-refractivity contribution >= 4 is 5.69 Å². The SMILES string of the molecule is O=[N+]([O-])c1cccc(-c2cccc(O)c2)c1. The first-order valence-electron chi connectivity index (χ1n) is 4.71. The quantitative estimate of drug-likeness (QED) is 0.618. The van der Waals surface area contributed by atoms with Crippen molar-refractivity contribution < 1.29 is 10.0 Å². The zero-order chi connectivity index (χ0) is 11.5.